The maximum atomic E-state index is 5.68. The molecule has 1 saturated carbocycles. The maximum Gasteiger partial charge on any atom is 0.222 e. The quantitative estimate of drug-likeness (QED) is 0.819. The van der Waals surface area contributed by atoms with E-state index < -0.39 is 0 Å². The molecule has 0 radical (unpaired) electrons. The Morgan fingerprint density at radius 3 is 2.47 bits per heavy atom. The number of aromatic nitrogens is 2. The molecule has 2 rings (SSSR count). The average Bonchev–Trinajstić information content (AvgIpc) is 2.26. The van der Waals surface area contributed by atoms with E-state index in [-0.39, 0.29) is 5.41 Å². The van der Waals surface area contributed by atoms with Gasteiger partial charge in [-0.05, 0) is 36.3 Å². The summed E-state index contributed by atoms with van der Waals surface area (Å²) >= 11 is 0. The molecule has 1 aliphatic rings. The zero-order valence-corrected chi connectivity index (χ0v) is 10.7. The Balaban J connectivity index is 1.89. The van der Waals surface area contributed by atoms with Gasteiger partial charge in [0.05, 0.1) is 0 Å². The van der Waals surface area contributed by atoms with Gasteiger partial charge in [-0.2, -0.15) is 0 Å². The number of nitrogens with zero attached hydrogens (tertiary/aromatic N) is 2. The largest absolute Gasteiger partial charge is 0.354 e. The summed E-state index contributed by atoms with van der Waals surface area (Å²) in [6, 6.07) is 0. The second kappa shape index (κ2) is 5.00. The number of nitrogens with one attached hydrogen (secondary N) is 1. The summed E-state index contributed by atoms with van der Waals surface area (Å²) in [5, 5.41) is 3.24. The molecule has 1 heterocycles. The fourth-order valence-electron chi connectivity index (χ4n) is 1.77. The van der Waals surface area contributed by atoms with Gasteiger partial charge in [0.15, 0.2) is 0 Å². The zero-order chi connectivity index (χ0) is 12.3. The molecule has 0 aliphatic heterocycles. The molecule has 1 aromatic heterocycles. The molecule has 94 valence electrons. The lowest BCUT2D eigenvalue weighted by Crippen LogP contribution is -2.31. The minimum Gasteiger partial charge on any atom is -0.354 e. The molecule has 4 nitrogen and oxygen atoms in total. The minimum absolute atomic E-state index is 0.0794. The fraction of sp³-hybridized carbons (Fsp3) is 0.692. The van der Waals surface area contributed by atoms with Gasteiger partial charge in [-0.1, -0.05) is 20.3 Å². The standard InChI is InChI=1S/C13H22N4/c1-13(2,8-14)9-17-12-15-6-11(7-16-12)10-4-3-5-10/h6-7,10H,3-5,8-9,14H2,1-2H3,(H,15,16,17). The van der Waals surface area contributed by atoms with Gasteiger partial charge >= 0.3 is 0 Å². The first kappa shape index (κ1) is 12.3. The van der Waals surface area contributed by atoms with E-state index in [9.17, 15) is 0 Å². The van der Waals surface area contributed by atoms with Gasteiger partial charge < -0.3 is 11.1 Å². The predicted octanol–water partition coefficient (Wildman–Crippen LogP) is 2.14. The van der Waals surface area contributed by atoms with E-state index in [4.69, 9.17) is 5.73 Å². The van der Waals surface area contributed by atoms with Crippen LogP contribution >= 0.6 is 0 Å². The van der Waals surface area contributed by atoms with Crippen LogP contribution in [0.3, 0.4) is 0 Å². The molecular formula is C13H22N4. The summed E-state index contributed by atoms with van der Waals surface area (Å²) in [6.45, 7) is 5.71. The van der Waals surface area contributed by atoms with Crippen molar-refractivity contribution in [3.8, 4) is 0 Å². The summed E-state index contributed by atoms with van der Waals surface area (Å²) in [4.78, 5) is 8.71. The van der Waals surface area contributed by atoms with Crippen molar-refractivity contribution in [2.75, 3.05) is 18.4 Å². The normalized spacial score (nSPS) is 16.6. The molecule has 1 aliphatic carbocycles. The molecule has 0 amide bonds. The molecule has 3 N–H and O–H groups in total. The lowest BCUT2D eigenvalue weighted by molar-refractivity contribution is 0.404. The predicted molar refractivity (Wildman–Crippen MR) is 69.9 cm³/mol. The van der Waals surface area contributed by atoms with Crippen LogP contribution in [0.5, 0.6) is 0 Å². The summed E-state index contributed by atoms with van der Waals surface area (Å²) in [6.07, 6.45) is 7.82. The van der Waals surface area contributed by atoms with Gasteiger partial charge in [0.2, 0.25) is 5.95 Å². The highest BCUT2D eigenvalue weighted by atomic mass is 15.1. The van der Waals surface area contributed by atoms with E-state index in [1.54, 1.807) is 0 Å². The van der Waals surface area contributed by atoms with Crippen molar-refractivity contribution in [2.45, 2.75) is 39.0 Å². The van der Waals surface area contributed by atoms with Crippen LogP contribution in [0.1, 0.15) is 44.6 Å². The van der Waals surface area contributed by atoms with Crippen molar-refractivity contribution >= 4 is 5.95 Å². The molecule has 4 heteroatoms. The monoisotopic (exact) mass is 234 g/mol. The molecule has 0 atom stereocenters. The third-order valence-corrected chi connectivity index (χ3v) is 3.53. The van der Waals surface area contributed by atoms with Crippen LogP contribution in [0.2, 0.25) is 0 Å². The van der Waals surface area contributed by atoms with Crippen molar-refractivity contribution < 1.29 is 0 Å². The van der Waals surface area contributed by atoms with E-state index in [0.717, 1.165) is 6.54 Å². The minimum atomic E-state index is 0.0794. The highest BCUT2D eigenvalue weighted by Crippen LogP contribution is 2.35. The van der Waals surface area contributed by atoms with Crippen molar-refractivity contribution in [3.63, 3.8) is 0 Å². The summed E-state index contributed by atoms with van der Waals surface area (Å²) in [5.41, 5.74) is 7.04. The van der Waals surface area contributed by atoms with Crippen LogP contribution in [0.25, 0.3) is 0 Å². The number of rotatable bonds is 5. The van der Waals surface area contributed by atoms with Gasteiger partial charge in [0.1, 0.15) is 0 Å². The van der Waals surface area contributed by atoms with Crippen LogP contribution < -0.4 is 11.1 Å². The topological polar surface area (TPSA) is 63.8 Å². The van der Waals surface area contributed by atoms with Crippen molar-refractivity contribution in [1.82, 2.24) is 9.97 Å². The summed E-state index contributed by atoms with van der Waals surface area (Å²) < 4.78 is 0. The highest BCUT2D eigenvalue weighted by molar-refractivity contribution is 5.27. The second-order valence-corrected chi connectivity index (χ2v) is 5.69. The molecule has 0 bridgehead atoms. The molecule has 0 aromatic carbocycles. The number of nitrogens with two attached hydrogens (primary N) is 1. The van der Waals surface area contributed by atoms with E-state index in [1.165, 1.54) is 24.8 Å². The lowest BCUT2D eigenvalue weighted by atomic mass is 9.81. The Kier molecular flexibility index (Phi) is 3.62. The van der Waals surface area contributed by atoms with Gasteiger partial charge in [-0.3, -0.25) is 0 Å². The van der Waals surface area contributed by atoms with Gasteiger partial charge in [0.25, 0.3) is 0 Å². The van der Waals surface area contributed by atoms with E-state index in [1.807, 2.05) is 12.4 Å². The average molecular weight is 234 g/mol. The smallest absolute Gasteiger partial charge is 0.222 e. The third-order valence-electron chi connectivity index (χ3n) is 3.53. The highest BCUT2D eigenvalue weighted by Gasteiger charge is 2.20. The van der Waals surface area contributed by atoms with E-state index in [0.29, 0.717) is 18.4 Å². The van der Waals surface area contributed by atoms with E-state index >= 15 is 0 Å². The van der Waals surface area contributed by atoms with Crippen LogP contribution in [0, 0.1) is 5.41 Å². The van der Waals surface area contributed by atoms with Gasteiger partial charge in [-0.25, -0.2) is 9.97 Å². The molecule has 1 aromatic rings. The first-order valence-electron chi connectivity index (χ1n) is 6.37. The Bertz CT molecular complexity index is 354. The lowest BCUT2D eigenvalue weighted by Gasteiger charge is -2.25. The van der Waals surface area contributed by atoms with Crippen LogP contribution in [-0.4, -0.2) is 23.1 Å². The van der Waals surface area contributed by atoms with Crippen molar-refractivity contribution in [2.24, 2.45) is 11.1 Å². The van der Waals surface area contributed by atoms with Crippen LogP contribution in [0.15, 0.2) is 12.4 Å². The molecule has 17 heavy (non-hydrogen) atoms. The molecule has 0 saturated heterocycles. The van der Waals surface area contributed by atoms with Crippen LogP contribution in [0.4, 0.5) is 5.95 Å². The maximum absolute atomic E-state index is 5.68. The molecule has 0 unspecified atom stereocenters. The number of hydrogen-bond acceptors (Lipinski definition) is 4. The first-order valence-corrected chi connectivity index (χ1v) is 6.37. The summed E-state index contributed by atoms with van der Waals surface area (Å²) in [7, 11) is 0. The molecular weight excluding hydrogens is 212 g/mol. The van der Waals surface area contributed by atoms with Gasteiger partial charge in [-0.15, -0.1) is 0 Å². The molecule has 0 spiro atoms. The summed E-state index contributed by atoms with van der Waals surface area (Å²) in [5.74, 6) is 1.40. The van der Waals surface area contributed by atoms with Gasteiger partial charge in [0, 0.05) is 18.9 Å². The van der Waals surface area contributed by atoms with Crippen molar-refractivity contribution in [1.29, 1.82) is 0 Å². The molecule has 1 fully saturated rings. The zero-order valence-electron chi connectivity index (χ0n) is 10.7. The second-order valence-electron chi connectivity index (χ2n) is 5.69. The SMILES string of the molecule is CC(C)(CN)CNc1ncc(C2CCC2)cn1. The Morgan fingerprint density at radius 2 is 2.00 bits per heavy atom. The third kappa shape index (κ3) is 3.16. The fourth-order valence-corrected chi connectivity index (χ4v) is 1.77. The van der Waals surface area contributed by atoms with E-state index in [2.05, 4.69) is 29.1 Å². The van der Waals surface area contributed by atoms with Crippen molar-refractivity contribution in [3.05, 3.63) is 18.0 Å². The Labute approximate surface area is 103 Å². The first-order chi connectivity index (χ1) is 8.11. The van der Waals surface area contributed by atoms with Crippen LogP contribution in [-0.2, 0) is 0 Å². The number of hydrogen-bond donors (Lipinski definition) is 2. The number of anilines is 1. The Hall–Kier alpha value is -1.16. The Morgan fingerprint density at radius 1 is 1.35 bits per heavy atom.